The van der Waals surface area contributed by atoms with E-state index in [-0.39, 0.29) is 6.42 Å². The van der Waals surface area contributed by atoms with Crippen molar-refractivity contribution in [3.8, 4) is 0 Å². The van der Waals surface area contributed by atoms with Gasteiger partial charge in [0, 0.05) is 12.6 Å². The molecule has 0 aliphatic heterocycles. The van der Waals surface area contributed by atoms with Crippen molar-refractivity contribution >= 4 is 5.97 Å². The van der Waals surface area contributed by atoms with Gasteiger partial charge in [0.2, 0.25) is 0 Å². The Balaban J connectivity index is 2.42. The Morgan fingerprint density at radius 2 is 2.00 bits per heavy atom. The minimum atomic E-state index is -0.677. The number of hydrogen-bond acceptors (Lipinski definition) is 2. The molecule has 1 saturated carbocycles. The van der Waals surface area contributed by atoms with Crippen LogP contribution >= 0.6 is 0 Å². The van der Waals surface area contributed by atoms with Gasteiger partial charge in [0.15, 0.2) is 0 Å². The number of aliphatic carboxylic acids is 1. The first-order valence-corrected chi connectivity index (χ1v) is 7.13. The van der Waals surface area contributed by atoms with Gasteiger partial charge >= 0.3 is 5.97 Å². The summed E-state index contributed by atoms with van der Waals surface area (Å²) in [6.45, 7) is 6.12. The zero-order valence-electron chi connectivity index (χ0n) is 11.3. The molecule has 1 aliphatic carbocycles. The summed E-state index contributed by atoms with van der Waals surface area (Å²) in [5, 5.41) is 8.77. The molecule has 0 bridgehead atoms. The maximum absolute atomic E-state index is 10.6. The molecule has 1 N–H and O–H groups in total. The van der Waals surface area contributed by atoms with Gasteiger partial charge < -0.3 is 10.0 Å². The second-order valence-electron chi connectivity index (χ2n) is 5.21. The summed E-state index contributed by atoms with van der Waals surface area (Å²) in [6.07, 6.45) is 8.09. The average molecular weight is 241 g/mol. The van der Waals surface area contributed by atoms with E-state index in [1.165, 1.54) is 38.5 Å². The number of carboxylic acid groups (broad SMARTS) is 1. The molecule has 2 unspecified atom stereocenters. The topological polar surface area (TPSA) is 40.5 Å². The maximum atomic E-state index is 10.6. The third kappa shape index (κ3) is 5.07. The maximum Gasteiger partial charge on any atom is 0.304 e. The van der Waals surface area contributed by atoms with Gasteiger partial charge in [-0.3, -0.25) is 4.79 Å². The van der Waals surface area contributed by atoms with Crippen LogP contribution in [-0.4, -0.2) is 35.1 Å². The molecule has 1 rings (SSSR count). The number of rotatable bonds is 6. The SMILES string of the molecule is CCC1CCCC(N(CC)CCC(=O)O)CC1. The fourth-order valence-electron chi connectivity index (χ4n) is 2.97. The van der Waals surface area contributed by atoms with Crippen molar-refractivity contribution in [1.29, 1.82) is 0 Å². The van der Waals surface area contributed by atoms with E-state index in [9.17, 15) is 4.79 Å². The van der Waals surface area contributed by atoms with Crippen LogP contribution in [0, 0.1) is 5.92 Å². The third-order valence-electron chi connectivity index (χ3n) is 4.17. The molecule has 0 aromatic rings. The summed E-state index contributed by atoms with van der Waals surface area (Å²) >= 11 is 0. The summed E-state index contributed by atoms with van der Waals surface area (Å²) in [4.78, 5) is 13.0. The molecule has 1 aliphatic rings. The molecule has 0 spiro atoms. The Bertz CT molecular complexity index is 230. The fourth-order valence-corrected chi connectivity index (χ4v) is 2.97. The lowest BCUT2D eigenvalue weighted by Gasteiger charge is -2.29. The van der Waals surface area contributed by atoms with Crippen LogP contribution in [0.1, 0.15) is 58.8 Å². The van der Waals surface area contributed by atoms with Crippen molar-refractivity contribution in [3.63, 3.8) is 0 Å². The molecule has 0 amide bonds. The van der Waals surface area contributed by atoms with Gasteiger partial charge in [0.05, 0.1) is 6.42 Å². The molecule has 3 nitrogen and oxygen atoms in total. The average Bonchev–Trinajstić information content (AvgIpc) is 2.55. The first-order chi connectivity index (χ1) is 8.17. The summed E-state index contributed by atoms with van der Waals surface area (Å²) in [7, 11) is 0. The molecule has 1 fully saturated rings. The van der Waals surface area contributed by atoms with Gasteiger partial charge in [-0.25, -0.2) is 0 Å². The number of carboxylic acids is 1. The number of carbonyl (C=O) groups is 1. The van der Waals surface area contributed by atoms with Crippen LogP contribution in [-0.2, 0) is 4.79 Å². The Labute approximate surface area is 105 Å². The standard InChI is InChI=1S/C14H27NO2/c1-3-12-6-5-7-13(9-8-12)15(4-2)11-10-14(16)17/h12-13H,3-11H2,1-2H3,(H,16,17). The Hall–Kier alpha value is -0.570. The van der Waals surface area contributed by atoms with Crippen molar-refractivity contribution < 1.29 is 9.90 Å². The van der Waals surface area contributed by atoms with E-state index >= 15 is 0 Å². The minimum Gasteiger partial charge on any atom is -0.481 e. The van der Waals surface area contributed by atoms with Gasteiger partial charge in [-0.15, -0.1) is 0 Å². The quantitative estimate of drug-likeness (QED) is 0.726. The van der Waals surface area contributed by atoms with E-state index < -0.39 is 5.97 Å². The van der Waals surface area contributed by atoms with E-state index in [4.69, 9.17) is 5.11 Å². The van der Waals surface area contributed by atoms with Crippen molar-refractivity contribution in [2.45, 2.75) is 64.8 Å². The van der Waals surface area contributed by atoms with Crippen LogP contribution in [0.4, 0.5) is 0 Å². The van der Waals surface area contributed by atoms with Crippen molar-refractivity contribution in [3.05, 3.63) is 0 Å². The Morgan fingerprint density at radius 3 is 2.59 bits per heavy atom. The molecule has 0 saturated heterocycles. The van der Waals surface area contributed by atoms with Gasteiger partial charge in [-0.1, -0.05) is 33.1 Å². The minimum absolute atomic E-state index is 0.279. The summed E-state index contributed by atoms with van der Waals surface area (Å²) in [6, 6.07) is 0.621. The lowest BCUT2D eigenvalue weighted by Crippen LogP contribution is -2.36. The summed E-state index contributed by atoms with van der Waals surface area (Å²) in [5.74, 6) is 0.224. The van der Waals surface area contributed by atoms with E-state index in [1.807, 2.05) is 0 Å². The smallest absolute Gasteiger partial charge is 0.304 e. The van der Waals surface area contributed by atoms with Gasteiger partial charge in [0.1, 0.15) is 0 Å². The second kappa shape index (κ2) is 7.70. The van der Waals surface area contributed by atoms with Crippen molar-refractivity contribution in [1.82, 2.24) is 4.90 Å². The normalized spacial score (nSPS) is 25.8. The Morgan fingerprint density at radius 1 is 1.24 bits per heavy atom. The van der Waals surface area contributed by atoms with E-state index in [0.717, 1.165) is 12.5 Å². The van der Waals surface area contributed by atoms with Crippen molar-refractivity contribution in [2.24, 2.45) is 5.92 Å². The molecule has 0 aromatic carbocycles. The summed E-state index contributed by atoms with van der Waals surface area (Å²) in [5.41, 5.74) is 0. The monoisotopic (exact) mass is 241 g/mol. The van der Waals surface area contributed by atoms with Gasteiger partial charge in [0.25, 0.3) is 0 Å². The highest BCUT2D eigenvalue weighted by Gasteiger charge is 2.22. The van der Waals surface area contributed by atoms with Crippen molar-refractivity contribution in [2.75, 3.05) is 13.1 Å². The lowest BCUT2D eigenvalue weighted by atomic mass is 9.97. The lowest BCUT2D eigenvalue weighted by molar-refractivity contribution is -0.137. The van der Waals surface area contributed by atoms with Crippen LogP contribution < -0.4 is 0 Å². The van der Waals surface area contributed by atoms with Gasteiger partial charge in [-0.05, 0) is 31.7 Å². The first kappa shape index (κ1) is 14.5. The molecule has 2 atom stereocenters. The Kier molecular flexibility index (Phi) is 6.56. The zero-order chi connectivity index (χ0) is 12.7. The van der Waals surface area contributed by atoms with Crippen LogP contribution in [0.3, 0.4) is 0 Å². The predicted molar refractivity (Wildman–Crippen MR) is 70.2 cm³/mol. The van der Waals surface area contributed by atoms with Gasteiger partial charge in [-0.2, -0.15) is 0 Å². The van der Waals surface area contributed by atoms with Crippen LogP contribution in [0.25, 0.3) is 0 Å². The van der Waals surface area contributed by atoms with E-state index in [1.54, 1.807) is 0 Å². The van der Waals surface area contributed by atoms with Crippen LogP contribution in [0.2, 0.25) is 0 Å². The highest BCUT2D eigenvalue weighted by molar-refractivity contribution is 5.66. The fraction of sp³-hybridized carbons (Fsp3) is 0.929. The molecule has 0 aromatic heterocycles. The predicted octanol–water partition coefficient (Wildman–Crippen LogP) is 3.14. The zero-order valence-corrected chi connectivity index (χ0v) is 11.3. The highest BCUT2D eigenvalue weighted by atomic mass is 16.4. The summed E-state index contributed by atoms with van der Waals surface area (Å²) < 4.78 is 0. The second-order valence-corrected chi connectivity index (χ2v) is 5.21. The molecule has 17 heavy (non-hydrogen) atoms. The molecule has 3 heteroatoms. The van der Waals surface area contributed by atoms with Crippen LogP contribution in [0.5, 0.6) is 0 Å². The highest BCUT2D eigenvalue weighted by Crippen LogP contribution is 2.28. The number of hydrogen-bond donors (Lipinski definition) is 1. The largest absolute Gasteiger partial charge is 0.481 e. The third-order valence-corrected chi connectivity index (χ3v) is 4.17. The molecule has 100 valence electrons. The van der Waals surface area contributed by atoms with E-state index in [0.29, 0.717) is 12.6 Å². The molecular weight excluding hydrogens is 214 g/mol. The first-order valence-electron chi connectivity index (χ1n) is 7.13. The molecular formula is C14H27NO2. The van der Waals surface area contributed by atoms with Crippen LogP contribution in [0.15, 0.2) is 0 Å². The number of nitrogens with zero attached hydrogens (tertiary/aromatic N) is 1. The molecule has 0 heterocycles. The molecule has 0 radical (unpaired) electrons. The van der Waals surface area contributed by atoms with E-state index in [2.05, 4.69) is 18.7 Å².